The number of rotatable bonds is 6. The molecule has 0 amide bonds. The van der Waals surface area contributed by atoms with E-state index >= 15 is 0 Å². The molecular formula is C28H38Cl2N6O2. The van der Waals surface area contributed by atoms with Crippen molar-refractivity contribution in [2.45, 2.75) is 66.0 Å². The molecule has 2 aliphatic heterocycles. The van der Waals surface area contributed by atoms with Gasteiger partial charge in [0, 0.05) is 29.2 Å². The normalized spacial score (nSPS) is 20.2. The number of hydrogen-bond donors (Lipinski definition) is 0. The van der Waals surface area contributed by atoms with E-state index in [2.05, 4.69) is 26.8 Å². The van der Waals surface area contributed by atoms with Gasteiger partial charge in [0.1, 0.15) is 11.3 Å². The van der Waals surface area contributed by atoms with Crippen LogP contribution in [0, 0.1) is 5.92 Å². The number of halogens is 2. The van der Waals surface area contributed by atoms with E-state index < -0.39 is 5.97 Å². The lowest BCUT2D eigenvalue weighted by Crippen LogP contribution is -2.51. The van der Waals surface area contributed by atoms with E-state index in [0.29, 0.717) is 39.7 Å². The van der Waals surface area contributed by atoms with Gasteiger partial charge in [-0.1, -0.05) is 56.5 Å². The van der Waals surface area contributed by atoms with E-state index in [1.807, 2.05) is 19.9 Å². The first-order valence-electron chi connectivity index (χ1n) is 13.8. The number of benzene rings is 1. The number of carbonyl (C=O) groups is 1. The predicted molar refractivity (Wildman–Crippen MR) is 153 cm³/mol. The molecule has 2 saturated heterocycles. The minimum absolute atomic E-state index is 0.160. The first-order valence-corrected chi connectivity index (χ1v) is 14.5. The topological polar surface area (TPSA) is 76.4 Å². The number of nitrogens with zero attached hydrogens (tertiary/aromatic N) is 6. The quantitative estimate of drug-likeness (QED) is 0.338. The smallest absolute Gasteiger partial charge is 0.361 e. The maximum atomic E-state index is 12.6. The van der Waals surface area contributed by atoms with E-state index in [1.165, 1.54) is 32.4 Å². The molecule has 10 heteroatoms. The molecule has 0 saturated carbocycles. The molecule has 0 spiro atoms. The van der Waals surface area contributed by atoms with Gasteiger partial charge in [0.25, 0.3) is 0 Å². The summed E-state index contributed by atoms with van der Waals surface area (Å²) >= 11 is 12.5. The van der Waals surface area contributed by atoms with Gasteiger partial charge in [-0.05, 0) is 62.9 Å². The Hall–Kier alpha value is -2.42. The number of carbonyl (C=O) groups excluding carboxylic acids is 1. The first kappa shape index (κ1) is 28.6. The van der Waals surface area contributed by atoms with Gasteiger partial charge >= 0.3 is 5.97 Å². The summed E-state index contributed by atoms with van der Waals surface area (Å²) in [6.45, 7) is 13.0. The molecule has 2 aromatic heterocycles. The van der Waals surface area contributed by atoms with Crippen LogP contribution in [0.3, 0.4) is 0 Å². The predicted octanol–water partition coefficient (Wildman–Crippen LogP) is 6.09. The number of anilines is 1. The average Bonchev–Trinajstić information content (AvgIpc) is 3.29. The summed E-state index contributed by atoms with van der Waals surface area (Å²) in [6.07, 6.45) is 6.82. The number of hydrogen-bond acceptors (Lipinski definition) is 7. The zero-order valence-corrected chi connectivity index (χ0v) is 24.3. The van der Waals surface area contributed by atoms with Gasteiger partial charge in [0.15, 0.2) is 11.3 Å². The highest BCUT2D eigenvalue weighted by atomic mass is 35.5. The molecule has 38 heavy (non-hydrogen) atoms. The van der Waals surface area contributed by atoms with Crippen molar-refractivity contribution < 1.29 is 9.53 Å². The van der Waals surface area contributed by atoms with Crippen LogP contribution in [0.4, 0.5) is 5.82 Å². The number of ether oxygens (including phenoxy) is 1. The Kier molecular flexibility index (Phi) is 9.85. The lowest BCUT2D eigenvalue weighted by Gasteiger charge is -2.44. The standard InChI is InChI=1S/C26H32Cl2N6O2.C2H6/c1-3-36-26(35)24-23-25(34(31-24)16-18-7-8-19(27)13-20(18)28)30-22(14-29-23)33-12-9-21(17(2)15-33)32-10-5-4-6-11-32;1-2/h7-8,13-14,17,21H,3-6,9-12,15-16H2,1-2H3;1-2H3. The Bertz CT molecular complexity index is 1240. The Morgan fingerprint density at radius 1 is 1.13 bits per heavy atom. The van der Waals surface area contributed by atoms with E-state index in [9.17, 15) is 4.79 Å². The van der Waals surface area contributed by atoms with Crippen molar-refractivity contribution in [1.82, 2.24) is 24.6 Å². The third-order valence-corrected chi connectivity index (χ3v) is 7.87. The van der Waals surface area contributed by atoms with Crippen LogP contribution in [-0.4, -0.2) is 69.4 Å². The Morgan fingerprint density at radius 3 is 2.58 bits per heavy atom. The maximum absolute atomic E-state index is 12.6. The molecule has 1 aromatic carbocycles. The van der Waals surface area contributed by atoms with Crippen LogP contribution in [0.15, 0.2) is 24.4 Å². The van der Waals surface area contributed by atoms with E-state index in [4.69, 9.17) is 32.9 Å². The molecule has 5 rings (SSSR count). The molecule has 0 N–H and O–H groups in total. The van der Waals surface area contributed by atoms with Crippen LogP contribution in [0.2, 0.25) is 10.0 Å². The Balaban J connectivity index is 0.00000164. The van der Waals surface area contributed by atoms with Crippen molar-refractivity contribution in [3.05, 3.63) is 45.7 Å². The highest BCUT2D eigenvalue weighted by Crippen LogP contribution is 2.29. The second kappa shape index (κ2) is 13.1. The number of fused-ring (bicyclic) bond motifs is 1. The van der Waals surface area contributed by atoms with E-state index in [1.54, 1.807) is 29.9 Å². The minimum Gasteiger partial charge on any atom is -0.461 e. The fraction of sp³-hybridized carbons (Fsp3) is 0.571. The summed E-state index contributed by atoms with van der Waals surface area (Å²) in [4.78, 5) is 27.2. The van der Waals surface area contributed by atoms with Crippen molar-refractivity contribution in [2.24, 2.45) is 5.92 Å². The summed E-state index contributed by atoms with van der Waals surface area (Å²) < 4.78 is 6.91. The lowest BCUT2D eigenvalue weighted by molar-refractivity contribution is 0.0520. The molecule has 206 valence electrons. The molecule has 2 unspecified atom stereocenters. The van der Waals surface area contributed by atoms with Crippen molar-refractivity contribution in [2.75, 3.05) is 37.7 Å². The summed E-state index contributed by atoms with van der Waals surface area (Å²) in [5.41, 5.74) is 1.95. The molecular weight excluding hydrogens is 523 g/mol. The Labute approximate surface area is 235 Å². The largest absolute Gasteiger partial charge is 0.461 e. The van der Waals surface area contributed by atoms with Crippen LogP contribution in [0.5, 0.6) is 0 Å². The van der Waals surface area contributed by atoms with E-state index in [-0.39, 0.29) is 12.3 Å². The fourth-order valence-electron chi connectivity index (χ4n) is 5.48. The molecule has 3 aromatic rings. The maximum Gasteiger partial charge on any atom is 0.361 e. The summed E-state index contributed by atoms with van der Waals surface area (Å²) in [5.74, 6) is 0.814. The van der Waals surface area contributed by atoms with Crippen LogP contribution in [-0.2, 0) is 11.3 Å². The van der Waals surface area contributed by atoms with Gasteiger partial charge in [-0.15, -0.1) is 0 Å². The summed E-state index contributed by atoms with van der Waals surface area (Å²) in [6, 6.07) is 5.95. The molecule has 4 heterocycles. The second-order valence-electron chi connectivity index (χ2n) is 9.74. The van der Waals surface area contributed by atoms with Gasteiger partial charge in [-0.25, -0.2) is 19.4 Å². The minimum atomic E-state index is -0.513. The Morgan fingerprint density at radius 2 is 1.89 bits per heavy atom. The highest BCUT2D eigenvalue weighted by molar-refractivity contribution is 6.35. The summed E-state index contributed by atoms with van der Waals surface area (Å²) in [5, 5.41) is 5.63. The zero-order chi connectivity index (χ0) is 27.2. The van der Waals surface area contributed by atoms with Gasteiger partial charge in [-0.3, -0.25) is 4.90 Å². The molecule has 0 bridgehead atoms. The first-order chi connectivity index (χ1) is 18.4. The van der Waals surface area contributed by atoms with Gasteiger partial charge in [-0.2, -0.15) is 5.10 Å². The van der Waals surface area contributed by atoms with Crippen LogP contribution in [0.1, 0.15) is 69.4 Å². The third-order valence-electron chi connectivity index (χ3n) is 7.28. The summed E-state index contributed by atoms with van der Waals surface area (Å²) in [7, 11) is 0. The van der Waals surface area contributed by atoms with Crippen LogP contribution < -0.4 is 4.90 Å². The zero-order valence-electron chi connectivity index (χ0n) is 22.8. The van der Waals surface area contributed by atoms with Gasteiger partial charge < -0.3 is 9.64 Å². The lowest BCUT2D eigenvalue weighted by atomic mass is 9.91. The van der Waals surface area contributed by atoms with Gasteiger partial charge in [0.05, 0.1) is 19.3 Å². The second-order valence-corrected chi connectivity index (χ2v) is 10.6. The van der Waals surface area contributed by atoms with Crippen LogP contribution >= 0.6 is 23.2 Å². The van der Waals surface area contributed by atoms with Crippen molar-refractivity contribution >= 4 is 46.2 Å². The van der Waals surface area contributed by atoms with Crippen LogP contribution in [0.25, 0.3) is 11.2 Å². The average molecular weight is 562 g/mol. The number of esters is 1. The van der Waals surface area contributed by atoms with Gasteiger partial charge in [0.2, 0.25) is 0 Å². The monoisotopic (exact) mass is 560 g/mol. The van der Waals surface area contributed by atoms with Crippen molar-refractivity contribution in [3.63, 3.8) is 0 Å². The number of aromatic nitrogens is 4. The SMILES string of the molecule is CC.CCOC(=O)c1nn(Cc2ccc(Cl)cc2Cl)c2nc(N3CCC(N4CCCCC4)C(C)C3)cnc12. The van der Waals surface area contributed by atoms with Crippen molar-refractivity contribution in [1.29, 1.82) is 0 Å². The molecule has 8 nitrogen and oxygen atoms in total. The molecule has 2 fully saturated rings. The van der Waals surface area contributed by atoms with E-state index in [0.717, 1.165) is 30.9 Å². The molecule has 2 atom stereocenters. The van der Waals surface area contributed by atoms with Crippen molar-refractivity contribution in [3.8, 4) is 0 Å². The fourth-order valence-corrected chi connectivity index (χ4v) is 5.95. The number of piperidine rings is 2. The molecule has 2 aliphatic rings. The third kappa shape index (κ3) is 6.24. The number of likely N-dealkylation sites (tertiary alicyclic amines) is 1. The molecule has 0 aliphatic carbocycles. The highest BCUT2D eigenvalue weighted by Gasteiger charge is 2.32. The molecule has 0 radical (unpaired) electrons.